The predicted molar refractivity (Wildman–Crippen MR) is 108 cm³/mol. The van der Waals surface area contributed by atoms with Gasteiger partial charge in [-0.3, -0.25) is 18.8 Å². The van der Waals surface area contributed by atoms with Crippen LogP contribution in [0.25, 0.3) is 16.8 Å². The molecule has 1 amide bonds. The van der Waals surface area contributed by atoms with Gasteiger partial charge in [-0.2, -0.15) is 5.10 Å². The Hall–Kier alpha value is -3.17. The number of aromatic nitrogens is 4. The number of benzene rings is 1. The Bertz CT molecular complexity index is 1150. The van der Waals surface area contributed by atoms with Crippen LogP contribution >= 0.6 is 11.6 Å². The lowest BCUT2D eigenvalue weighted by atomic mass is 10.1. The summed E-state index contributed by atoms with van der Waals surface area (Å²) in [6, 6.07) is 6.09. The maximum atomic E-state index is 13.0. The van der Waals surface area contributed by atoms with Crippen molar-refractivity contribution in [2.24, 2.45) is 7.05 Å². The highest BCUT2D eigenvalue weighted by Gasteiger charge is 2.18. The summed E-state index contributed by atoms with van der Waals surface area (Å²) in [4.78, 5) is 38.3. The van der Waals surface area contributed by atoms with E-state index in [1.165, 1.54) is 21.6 Å². The van der Waals surface area contributed by atoms with E-state index in [1.807, 2.05) is 0 Å². The van der Waals surface area contributed by atoms with Gasteiger partial charge in [0.25, 0.3) is 5.56 Å². The molecule has 3 aromatic rings. The van der Waals surface area contributed by atoms with Crippen molar-refractivity contribution >= 4 is 17.5 Å². The first-order valence-corrected chi connectivity index (χ1v) is 9.19. The molecule has 1 unspecified atom stereocenters. The fourth-order valence-corrected chi connectivity index (χ4v) is 2.92. The number of carbonyl (C=O) groups is 1. The minimum Gasteiger partial charge on any atom is -0.394 e. The van der Waals surface area contributed by atoms with Crippen molar-refractivity contribution in [3.8, 4) is 16.8 Å². The van der Waals surface area contributed by atoms with Crippen LogP contribution in [-0.2, 0) is 18.4 Å². The summed E-state index contributed by atoms with van der Waals surface area (Å²) in [5.41, 5.74) is -0.0505. The van der Waals surface area contributed by atoms with E-state index in [1.54, 1.807) is 44.4 Å². The Labute approximate surface area is 170 Å². The molecule has 2 heterocycles. The SMILES string of the molecule is CC(CO)NC(=O)Cn1c(=O)c(-c2ccc(Cl)cc2)cn(-c2cnn(C)c2)c1=O. The third-order valence-electron chi connectivity index (χ3n) is 4.28. The largest absolute Gasteiger partial charge is 0.394 e. The van der Waals surface area contributed by atoms with Gasteiger partial charge in [0.1, 0.15) is 6.54 Å². The molecule has 0 aliphatic carbocycles. The molecule has 152 valence electrons. The Morgan fingerprint density at radius 1 is 1.24 bits per heavy atom. The number of amides is 1. The average Bonchev–Trinajstić information content (AvgIpc) is 3.12. The topological polar surface area (TPSA) is 111 Å². The number of aliphatic hydroxyl groups excluding tert-OH is 1. The van der Waals surface area contributed by atoms with Crippen LogP contribution in [0.1, 0.15) is 6.92 Å². The van der Waals surface area contributed by atoms with Crippen LogP contribution in [0.5, 0.6) is 0 Å². The maximum Gasteiger partial charge on any atom is 0.336 e. The minimum absolute atomic E-state index is 0.230. The van der Waals surface area contributed by atoms with Crippen molar-refractivity contribution in [2.75, 3.05) is 6.61 Å². The van der Waals surface area contributed by atoms with E-state index in [2.05, 4.69) is 10.4 Å². The van der Waals surface area contributed by atoms with Crippen LogP contribution in [0.4, 0.5) is 0 Å². The highest BCUT2D eigenvalue weighted by Crippen LogP contribution is 2.18. The number of aryl methyl sites for hydroxylation is 1. The Balaban J connectivity index is 2.16. The lowest BCUT2D eigenvalue weighted by molar-refractivity contribution is -0.122. The summed E-state index contributed by atoms with van der Waals surface area (Å²) in [5.74, 6) is -0.559. The number of halogens is 1. The molecule has 1 atom stereocenters. The third kappa shape index (κ3) is 4.47. The second-order valence-electron chi connectivity index (χ2n) is 6.62. The minimum atomic E-state index is -0.674. The first-order chi connectivity index (χ1) is 13.8. The van der Waals surface area contributed by atoms with Gasteiger partial charge < -0.3 is 10.4 Å². The fraction of sp³-hybridized carbons (Fsp3) is 0.263. The van der Waals surface area contributed by atoms with Gasteiger partial charge in [-0.05, 0) is 24.6 Å². The normalized spacial score (nSPS) is 12.0. The van der Waals surface area contributed by atoms with Crippen molar-refractivity contribution in [1.82, 2.24) is 24.2 Å². The quantitative estimate of drug-likeness (QED) is 0.608. The summed E-state index contributed by atoms with van der Waals surface area (Å²) in [6.45, 7) is 0.869. The van der Waals surface area contributed by atoms with E-state index < -0.39 is 29.7 Å². The van der Waals surface area contributed by atoms with Crippen LogP contribution < -0.4 is 16.6 Å². The lowest BCUT2D eigenvalue weighted by Crippen LogP contribution is -2.45. The molecule has 1 aromatic carbocycles. The van der Waals surface area contributed by atoms with Crippen LogP contribution in [0.2, 0.25) is 5.02 Å². The summed E-state index contributed by atoms with van der Waals surface area (Å²) >= 11 is 5.93. The predicted octanol–water partition coefficient (Wildman–Crippen LogP) is 0.550. The van der Waals surface area contributed by atoms with Crippen molar-refractivity contribution < 1.29 is 9.90 Å². The van der Waals surface area contributed by atoms with Crippen LogP contribution in [0.15, 0.2) is 52.4 Å². The molecule has 0 bridgehead atoms. The fourth-order valence-electron chi connectivity index (χ4n) is 2.80. The van der Waals surface area contributed by atoms with Crippen molar-refractivity contribution in [1.29, 1.82) is 0 Å². The van der Waals surface area contributed by atoms with Crippen molar-refractivity contribution in [3.63, 3.8) is 0 Å². The van der Waals surface area contributed by atoms with Gasteiger partial charge >= 0.3 is 5.69 Å². The van der Waals surface area contributed by atoms with Gasteiger partial charge in [0.15, 0.2) is 0 Å². The number of carbonyl (C=O) groups excluding carboxylic acids is 1. The van der Waals surface area contributed by atoms with Gasteiger partial charge in [-0.1, -0.05) is 23.7 Å². The van der Waals surface area contributed by atoms with E-state index >= 15 is 0 Å². The van der Waals surface area contributed by atoms with E-state index in [9.17, 15) is 14.4 Å². The highest BCUT2D eigenvalue weighted by molar-refractivity contribution is 6.30. The zero-order chi connectivity index (χ0) is 21.1. The van der Waals surface area contributed by atoms with Gasteiger partial charge in [0.2, 0.25) is 5.91 Å². The molecular formula is C19H20ClN5O4. The van der Waals surface area contributed by atoms with Gasteiger partial charge in [0.05, 0.1) is 24.1 Å². The Morgan fingerprint density at radius 3 is 2.52 bits per heavy atom. The highest BCUT2D eigenvalue weighted by atomic mass is 35.5. The maximum absolute atomic E-state index is 13.0. The third-order valence-corrected chi connectivity index (χ3v) is 4.53. The van der Waals surface area contributed by atoms with E-state index in [4.69, 9.17) is 16.7 Å². The molecule has 2 aromatic heterocycles. The van der Waals surface area contributed by atoms with Crippen molar-refractivity contribution in [2.45, 2.75) is 19.5 Å². The molecule has 0 spiro atoms. The zero-order valence-corrected chi connectivity index (χ0v) is 16.6. The van der Waals surface area contributed by atoms with Crippen LogP contribution in [0, 0.1) is 0 Å². The molecule has 0 aliphatic heterocycles. The number of hydrogen-bond acceptors (Lipinski definition) is 5. The van der Waals surface area contributed by atoms with Gasteiger partial charge in [-0.25, -0.2) is 9.36 Å². The van der Waals surface area contributed by atoms with E-state index in [0.29, 0.717) is 16.3 Å². The number of nitrogens with one attached hydrogen (secondary N) is 1. The average molecular weight is 418 g/mol. The second-order valence-corrected chi connectivity index (χ2v) is 7.05. The molecule has 0 radical (unpaired) electrons. The lowest BCUT2D eigenvalue weighted by Gasteiger charge is -2.14. The van der Waals surface area contributed by atoms with Gasteiger partial charge in [-0.15, -0.1) is 0 Å². The summed E-state index contributed by atoms with van der Waals surface area (Å²) in [7, 11) is 1.70. The smallest absolute Gasteiger partial charge is 0.336 e. The number of nitrogens with zero attached hydrogens (tertiary/aromatic N) is 4. The van der Waals surface area contributed by atoms with Gasteiger partial charge in [0, 0.05) is 30.5 Å². The summed E-state index contributed by atoms with van der Waals surface area (Å²) in [5, 5.41) is 16.2. The molecular weight excluding hydrogens is 398 g/mol. The number of aliphatic hydroxyl groups is 1. The summed E-state index contributed by atoms with van der Waals surface area (Å²) < 4.78 is 3.65. The zero-order valence-electron chi connectivity index (χ0n) is 15.9. The van der Waals surface area contributed by atoms with Crippen LogP contribution in [0.3, 0.4) is 0 Å². The van der Waals surface area contributed by atoms with E-state index in [-0.39, 0.29) is 12.2 Å². The summed E-state index contributed by atoms with van der Waals surface area (Å²) in [6.07, 6.45) is 4.53. The Kier molecular flexibility index (Phi) is 6.00. The standard InChI is InChI=1S/C19H20ClN5O4/c1-12(11-26)22-17(27)10-25-18(28)16(13-3-5-14(20)6-4-13)9-24(19(25)29)15-7-21-23(2)8-15/h3-9,12,26H,10-11H2,1-2H3,(H,22,27). The van der Waals surface area contributed by atoms with E-state index in [0.717, 1.165) is 4.57 Å². The first-order valence-electron chi connectivity index (χ1n) is 8.82. The first kappa shape index (κ1) is 20.6. The number of hydrogen-bond donors (Lipinski definition) is 2. The molecule has 29 heavy (non-hydrogen) atoms. The molecule has 0 saturated heterocycles. The van der Waals surface area contributed by atoms with Crippen molar-refractivity contribution in [3.05, 3.63) is 68.7 Å². The molecule has 10 heteroatoms. The van der Waals surface area contributed by atoms with Crippen LogP contribution in [-0.4, -0.2) is 42.6 Å². The molecule has 9 nitrogen and oxygen atoms in total. The molecule has 0 aliphatic rings. The second kappa shape index (κ2) is 8.46. The molecule has 3 rings (SSSR count). The monoisotopic (exact) mass is 417 g/mol. The molecule has 0 fully saturated rings. The Morgan fingerprint density at radius 2 is 1.93 bits per heavy atom. The number of rotatable bonds is 6. The molecule has 2 N–H and O–H groups in total. The molecule has 0 saturated carbocycles.